The minimum absolute atomic E-state index is 0.607. The number of hydroxylamine groups is 2. The summed E-state index contributed by atoms with van der Waals surface area (Å²) in [6.07, 6.45) is 1.60. The fourth-order valence-corrected chi connectivity index (χ4v) is 1.58. The van der Waals surface area contributed by atoms with Gasteiger partial charge in [0.05, 0.1) is 17.5 Å². The van der Waals surface area contributed by atoms with Crippen LogP contribution in [0.3, 0.4) is 0 Å². The molecule has 0 unspecified atom stereocenters. The molecule has 5 nitrogen and oxygen atoms in total. The van der Waals surface area contributed by atoms with Crippen LogP contribution in [0.15, 0.2) is 10.1 Å². The average molecular weight is 197 g/mol. The molecule has 1 aliphatic rings. The summed E-state index contributed by atoms with van der Waals surface area (Å²) < 4.78 is 0. The Hall–Kier alpha value is -0.940. The highest BCUT2D eigenvalue weighted by atomic mass is 16.5. The van der Waals surface area contributed by atoms with Crippen LogP contribution in [0, 0.1) is 0 Å². The van der Waals surface area contributed by atoms with E-state index >= 15 is 0 Å². The van der Waals surface area contributed by atoms with Crippen molar-refractivity contribution in [2.45, 2.75) is 38.9 Å². The molecule has 0 bridgehead atoms. The van der Waals surface area contributed by atoms with Crippen LogP contribution in [0.2, 0.25) is 0 Å². The van der Waals surface area contributed by atoms with Crippen LogP contribution < -0.4 is 5.43 Å². The molecule has 0 aliphatic carbocycles. The molecule has 0 saturated carbocycles. The predicted octanol–water partition coefficient (Wildman–Crippen LogP) is 0.808. The molecule has 0 atom stereocenters. The molecule has 0 fully saturated rings. The van der Waals surface area contributed by atoms with E-state index in [4.69, 9.17) is 0 Å². The Kier molecular flexibility index (Phi) is 2.65. The fraction of sp³-hybridized carbons (Fsp3) is 0.778. The summed E-state index contributed by atoms with van der Waals surface area (Å²) in [7, 11) is 1.71. The average Bonchev–Trinajstić information content (AvgIpc) is 2.23. The third-order valence-corrected chi connectivity index (χ3v) is 2.34. The van der Waals surface area contributed by atoms with E-state index in [0.717, 1.165) is 5.06 Å². The highest BCUT2D eigenvalue weighted by Crippen LogP contribution is 2.32. The smallest absolute Gasteiger partial charge is 0.134 e. The van der Waals surface area contributed by atoms with Gasteiger partial charge in [0.1, 0.15) is 5.66 Å². The van der Waals surface area contributed by atoms with Crippen LogP contribution in [0.25, 0.3) is 0 Å². The number of hydrazone groups is 1. The molecule has 14 heavy (non-hydrogen) atoms. The lowest BCUT2D eigenvalue weighted by Gasteiger charge is -2.30. The summed E-state index contributed by atoms with van der Waals surface area (Å²) >= 11 is 0. The molecule has 0 amide bonds. The van der Waals surface area contributed by atoms with Crippen LogP contribution in [-0.2, 0) is 5.21 Å². The van der Waals surface area contributed by atoms with Crippen LogP contribution in [0.1, 0.15) is 27.7 Å². The zero-order valence-corrected chi connectivity index (χ0v) is 9.33. The highest BCUT2D eigenvalue weighted by Gasteiger charge is 2.47. The van der Waals surface area contributed by atoms with E-state index < -0.39 is 11.2 Å². The normalized spacial score (nSPS) is 25.4. The van der Waals surface area contributed by atoms with E-state index in [1.54, 1.807) is 27.1 Å². The van der Waals surface area contributed by atoms with Crippen molar-refractivity contribution in [1.82, 2.24) is 10.5 Å². The summed E-state index contributed by atoms with van der Waals surface area (Å²) in [5.41, 5.74) is 2.04. The van der Waals surface area contributed by atoms with Gasteiger partial charge in [-0.2, -0.15) is 5.10 Å². The van der Waals surface area contributed by atoms with E-state index in [1.807, 2.05) is 13.8 Å². The molecule has 0 aromatic heterocycles. The second-order valence-electron chi connectivity index (χ2n) is 4.33. The van der Waals surface area contributed by atoms with Crippen molar-refractivity contribution in [3.8, 4) is 0 Å². The number of nitrogens with zero attached hydrogens (tertiary/aromatic N) is 3. The molecule has 0 saturated heterocycles. The standard InChI is InChI=1S/C9H17N4O/c1-8(2)7(6-11-10-5)12-9(3,4)13(8)14/h6,10H,1-5H3/b11-6+. The Morgan fingerprint density at radius 2 is 2.00 bits per heavy atom. The zero-order chi connectivity index (χ0) is 11.0. The molecule has 1 N–H and O–H groups in total. The van der Waals surface area contributed by atoms with Crippen molar-refractivity contribution in [3.05, 3.63) is 0 Å². The Balaban J connectivity index is 3.00. The second kappa shape index (κ2) is 3.33. The van der Waals surface area contributed by atoms with Gasteiger partial charge in [-0.25, -0.2) is 0 Å². The van der Waals surface area contributed by atoms with Crippen LogP contribution in [0.5, 0.6) is 0 Å². The zero-order valence-electron chi connectivity index (χ0n) is 9.33. The minimum Gasteiger partial charge on any atom is -0.313 e. The molecule has 79 valence electrons. The van der Waals surface area contributed by atoms with Gasteiger partial charge < -0.3 is 5.43 Å². The van der Waals surface area contributed by atoms with Gasteiger partial charge in [0, 0.05) is 7.05 Å². The van der Waals surface area contributed by atoms with Gasteiger partial charge in [-0.15, -0.1) is 10.3 Å². The van der Waals surface area contributed by atoms with Crippen molar-refractivity contribution >= 4 is 11.9 Å². The Morgan fingerprint density at radius 3 is 2.36 bits per heavy atom. The first kappa shape index (κ1) is 11.1. The van der Waals surface area contributed by atoms with Gasteiger partial charge in [0.15, 0.2) is 0 Å². The number of hydrogen-bond acceptors (Lipinski definition) is 4. The van der Waals surface area contributed by atoms with Gasteiger partial charge in [-0.3, -0.25) is 4.99 Å². The molecular formula is C9H17N4O. The van der Waals surface area contributed by atoms with E-state index in [9.17, 15) is 5.21 Å². The first-order valence-corrected chi connectivity index (χ1v) is 4.60. The van der Waals surface area contributed by atoms with Crippen LogP contribution in [-0.4, -0.2) is 35.2 Å². The number of aliphatic imine (C=N–C) groups is 1. The van der Waals surface area contributed by atoms with Crippen molar-refractivity contribution in [2.24, 2.45) is 10.1 Å². The van der Waals surface area contributed by atoms with Crippen molar-refractivity contribution in [2.75, 3.05) is 7.05 Å². The number of hydrogen-bond donors (Lipinski definition) is 1. The SMILES string of the molecule is CN/N=C/C1=NC(C)(C)N([O])C1(C)C. The third kappa shape index (κ3) is 1.65. The molecule has 1 rings (SSSR count). The minimum atomic E-state index is -0.696. The lowest BCUT2D eigenvalue weighted by atomic mass is 9.99. The lowest BCUT2D eigenvalue weighted by Crippen LogP contribution is -2.49. The second-order valence-corrected chi connectivity index (χ2v) is 4.33. The molecule has 5 heteroatoms. The first-order valence-electron chi connectivity index (χ1n) is 4.60. The molecule has 1 aliphatic heterocycles. The van der Waals surface area contributed by atoms with Crippen molar-refractivity contribution in [1.29, 1.82) is 0 Å². The molecular weight excluding hydrogens is 180 g/mol. The molecule has 1 heterocycles. The quantitative estimate of drug-likeness (QED) is 0.526. The summed E-state index contributed by atoms with van der Waals surface area (Å²) in [5.74, 6) is 0. The van der Waals surface area contributed by atoms with Gasteiger partial charge in [-0.1, -0.05) is 0 Å². The van der Waals surface area contributed by atoms with Gasteiger partial charge in [0.2, 0.25) is 0 Å². The molecule has 0 aromatic rings. The molecule has 0 spiro atoms. The third-order valence-electron chi connectivity index (χ3n) is 2.34. The first-order chi connectivity index (χ1) is 6.32. The topological polar surface area (TPSA) is 59.9 Å². The predicted molar refractivity (Wildman–Crippen MR) is 55.7 cm³/mol. The molecule has 1 radical (unpaired) electrons. The monoisotopic (exact) mass is 197 g/mol. The maximum absolute atomic E-state index is 11.8. The van der Waals surface area contributed by atoms with E-state index in [0.29, 0.717) is 5.71 Å². The van der Waals surface area contributed by atoms with E-state index in [1.165, 1.54) is 0 Å². The van der Waals surface area contributed by atoms with Gasteiger partial charge >= 0.3 is 0 Å². The Labute approximate surface area is 84.5 Å². The fourth-order valence-electron chi connectivity index (χ4n) is 1.58. The summed E-state index contributed by atoms with van der Waals surface area (Å²) in [6, 6.07) is 0. The lowest BCUT2D eigenvalue weighted by molar-refractivity contribution is -0.240. The largest absolute Gasteiger partial charge is 0.313 e. The maximum Gasteiger partial charge on any atom is 0.134 e. The Morgan fingerprint density at radius 1 is 1.43 bits per heavy atom. The highest BCUT2D eigenvalue weighted by molar-refractivity contribution is 6.35. The van der Waals surface area contributed by atoms with Crippen molar-refractivity contribution < 1.29 is 5.21 Å². The number of nitrogens with one attached hydrogen (secondary N) is 1. The Bertz CT molecular complexity index is 281. The van der Waals surface area contributed by atoms with Gasteiger partial charge in [-0.05, 0) is 27.7 Å². The maximum atomic E-state index is 11.8. The van der Waals surface area contributed by atoms with Crippen LogP contribution in [0.4, 0.5) is 0 Å². The van der Waals surface area contributed by atoms with Gasteiger partial charge in [0.25, 0.3) is 0 Å². The van der Waals surface area contributed by atoms with E-state index in [2.05, 4.69) is 15.5 Å². The summed E-state index contributed by atoms with van der Waals surface area (Å²) in [4.78, 5) is 4.33. The van der Waals surface area contributed by atoms with E-state index in [-0.39, 0.29) is 0 Å². The summed E-state index contributed by atoms with van der Waals surface area (Å²) in [6.45, 7) is 7.27. The van der Waals surface area contributed by atoms with Crippen LogP contribution >= 0.6 is 0 Å². The summed E-state index contributed by atoms with van der Waals surface area (Å²) in [5, 5.41) is 16.7. The molecule has 0 aromatic carbocycles. The number of rotatable bonds is 2. The van der Waals surface area contributed by atoms with Crippen molar-refractivity contribution in [3.63, 3.8) is 0 Å².